The van der Waals surface area contributed by atoms with Crippen LogP contribution in [0.4, 0.5) is 0 Å². The summed E-state index contributed by atoms with van der Waals surface area (Å²) in [5.74, 6) is -1.40. The smallest absolute Gasteiger partial charge is 0.340 e. The Morgan fingerprint density at radius 1 is 1.11 bits per heavy atom. The second-order valence-corrected chi connectivity index (χ2v) is 18.2. The van der Waals surface area contributed by atoms with Gasteiger partial charge in [-0.15, -0.1) is 0 Å². The third-order valence-corrected chi connectivity index (χ3v) is 12.4. The minimum absolute atomic E-state index is 0.0465. The molecule has 0 radical (unpaired) electrons. The van der Waals surface area contributed by atoms with Crippen LogP contribution >= 0.6 is 0 Å². The van der Waals surface area contributed by atoms with Gasteiger partial charge in [0.2, 0.25) is 6.29 Å². The second-order valence-electron chi connectivity index (χ2n) is 11.9. The number of carbonyl (C=O) groups is 1. The summed E-state index contributed by atoms with van der Waals surface area (Å²) in [6.45, 7) is 16.0. The molecule has 2 saturated heterocycles. The molecule has 37 heavy (non-hydrogen) atoms. The maximum atomic E-state index is 12.7. The summed E-state index contributed by atoms with van der Waals surface area (Å²) in [7, 11) is -5.91. The van der Waals surface area contributed by atoms with Gasteiger partial charge in [0.1, 0.15) is 12.2 Å². The predicted octanol–water partition coefficient (Wildman–Crippen LogP) is 4.62. The maximum Gasteiger partial charge on any atom is 0.340 e. The summed E-state index contributed by atoms with van der Waals surface area (Å²) in [6, 6.07) is 8.66. The number of esters is 1. The minimum atomic E-state index is -3.73. The van der Waals surface area contributed by atoms with Crippen molar-refractivity contribution in [1.82, 2.24) is 0 Å². The van der Waals surface area contributed by atoms with Crippen molar-refractivity contribution in [2.24, 2.45) is 0 Å². The molecule has 0 N–H and O–H groups in total. The number of carbonyl (C=O) groups excluding carboxylic acids is 1. The molecule has 6 atom stereocenters. The summed E-state index contributed by atoms with van der Waals surface area (Å²) in [5, 5.41) is -0.0465. The lowest BCUT2D eigenvalue weighted by Crippen LogP contribution is -2.47. The van der Waals surface area contributed by atoms with E-state index in [1.807, 2.05) is 13.0 Å². The molecule has 210 valence electrons. The molecule has 2 aliphatic rings. The summed E-state index contributed by atoms with van der Waals surface area (Å²) >= 11 is 0. The monoisotopic (exact) mass is 558 g/mol. The normalized spacial score (nSPS) is 27.5. The fourth-order valence-corrected chi connectivity index (χ4v) is 6.49. The van der Waals surface area contributed by atoms with E-state index in [9.17, 15) is 13.2 Å². The Morgan fingerprint density at radius 3 is 2.27 bits per heavy atom. The zero-order valence-corrected chi connectivity index (χ0v) is 25.2. The lowest BCUT2D eigenvalue weighted by molar-refractivity contribution is -0.221. The number of hydrogen-bond acceptors (Lipinski definition) is 9. The first-order chi connectivity index (χ1) is 16.9. The molecule has 2 aliphatic heterocycles. The van der Waals surface area contributed by atoms with Gasteiger partial charge in [0.15, 0.2) is 20.2 Å². The Balaban J connectivity index is 1.73. The molecular weight excluding hydrogens is 516 g/mol. The van der Waals surface area contributed by atoms with E-state index in [1.165, 1.54) is 0 Å². The third kappa shape index (κ3) is 7.84. The zero-order chi connectivity index (χ0) is 27.8. The van der Waals surface area contributed by atoms with E-state index in [4.69, 9.17) is 27.6 Å². The number of fused-ring (bicyclic) bond motifs is 1. The lowest BCUT2D eigenvalue weighted by atomic mass is 10.0. The Morgan fingerprint density at radius 2 is 1.70 bits per heavy atom. The van der Waals surface area contributed by atoms with Crippen molar-refractivity contribution in [3.8, 4) is 0 Å². The zero-order valence-electron chi connectivity index (χ0n) is 23.3. The van der Waals surface area contributed by atoms with Crippen LogP contribution in [0.15, 0.2) is 30.3 Å². The van der Waals surface area contributed by atoms with Gasteiger partial charge in [0.05, 0.1) is 24.0 Å². The number of benzene rings is 1. The van der Waals surface area contributed by atoms with Crippen molar-refractivity contribution < 1.29 is 40.8 Å². The molecule has 0 amide bonds. The first kappa shape index (κ1) is 30.2. The van der Waals surface area contributed by atoms with Gasteiger partial charge in [-0.25, -0.2) is 4.79 Å². The molecular formula is C26H42O9SSi. The molecule has 0 aliphatic carbocycles. The van der Waals surface area contributed by atoms with Crippen LogP contribution in [0.2, 0.25) is 18.1 Å². The number of rotatable bonds is 10. The molecule has 0 spiro atoms. The molecule has 3 rings (SSSR count). The number of ether oxygens (including phenoxy) is 4. The first-order valence-electron chi connectivity index (χ1n) is 12.7. The summed E-state index contributed by atoms with van der Waals surface area (Å²) in [4.78, 5) is 12.7. The van der Waals surface area contributed by atoms with Crippen molar-refractivity contribution in [3.63, 3.8) is 0 Å². The highest BCUT2D eigenvalue weighted by Gasteiger charge is 2.56. The predicted molar refractivity (Wildman–Crippen MR) is 141 cm³/mol. The Labute approximate surface area is 222 Å². The molecule has 0 bridgehead atoms. The molecule has 0 unspecified atom stereocenters. The SMILES string of the molecule is C[C@H](O[Si](C)(C)C(C)(C)C)[C@@H](CC[C@H]1O[C@H](OC(=O)c2ccccc2)[C@H]2OC(C)(C)O[C@H]21)OS(C)(=O)=O. The molecule has 1 aromatic carbocycles. The van der Waals surface area contributed by atoms with Crippen LogP contribution < -0.4 is 0 Å². The van der Waals surface area contributed by atoms with Crippen molar-refractivity contribution >= 4 is 24.4 Å². The van der Waals surface area contributed by atoms with Gasteiger partial charge >= 0.3 is 5.97 Å². The van der Waals surface area contributed by atoms with Gasteiger partial charge in [0.25, 0.3) is 10.1 Å². The van der Waals surface area contributed by atoms with Crippen molar-refractivity contribution in [3.05, 3.63) is 35.9 Å². The van der Waals surface area contributed by atoms with Crippen LogP contribution in [0.25, 0.3) is 0 Å². The van der Waals surface area contributed by atoms with E-state index < -0.39 is 67.0 Å². The van der Waals surface area contributed by atoms with Gasteiger partial charge in [-0.1, -0.05) is 39.0 Å². The highest BCUT2D eigenvalue weighted by atomic mass is 32.2. The minimum Gasteiger partial charge on any atom is -0.429 e. The largest absolute Gasteiger partial charge is 0.429 e. The van der Waals surface area contributed by atoms with Crippen LogP contribution in [-0.4, -0.2) is 71.6 Å². The molecule has 1 aromatic rings. The molecule has 2 fully saturated rings. The quantitative estimate of drug-likeness (QED) is 0.231. The van der Waals surface area contributed by atoms with Crippen LogP contribution in [0.1, 0.15) is 64.7 Å². The van der Waals surface area contributed by atoms with Gasteiger partial charge in [-0.05, 0) is 63.9 Å². The molecule has 2 heterocycles. The van der Waals surface area contributed by atoms with Gasteiger partial charge in [-0.2, -0.15) is 8.42 Å². The molecule has 0 aromatic heterocycles. The van der Waals surface area contributed by atoms with Gasteiger partial charge < -0.3 is 23.4 Å². The fourth-order valence-electron chi connectivity index (χ4n) is 4.35. The van der Waals surface area contributed by atoms with E-state index in [-0.39, 0.29) is 5.04 Å². The highest BCUT2D eigenvalue weighted by Crippen LogP contribution is 2.42. The third-order valence-electron chi connectivity index (χ3n) is 7.18. The Bertz CT molecular complexity index is 1040. The highest BCUT2D eigenvalue weighted by molar-refractivity contribution is 7.86. The lowest BCUT2D eigenvalue weighted by Gasteiger charge is -2.40. The van der Waals surface area contributed by atoms with Crippen LogP contribution in [0.3, 0.4) is 0 Å². The van der Waals surface area contributed by atoms with E-state index in [1.54, 1.807) is 38.1 Å². The molecule has 0 saturated carbocycles. The van der Waals surface area contributed by atoms with Crippen LogP contribution in [-0.2, 0) is 37.7 Å². The van der Waals surface area contributed by atoms with Crippen LogP contribution in [0.5, 0.6) is 0 Å². The average Bonchev–Trinajstić information content (AvgIpc) is 3.23. The van der Waals surface area contributed by atoms with E-state index in [0.717, 1.165) is 6.26 Å². The van der Waals surface area contributed by atoms with E-state index in [2.05, 4.69) is 33.9 Å². The molecule has 11 heteroatoms. The van der Waals surface area contributed by atoms with Crippen molar-refractivity contribution in [2.75, 3.05) is 6.26 Å². The topological polar surface area (TPSA) is 107 Å². The first-order valence-corrected chi connectivity index (χ1v) is 17.4. The fraction of sp³-hybridized carbons (Fsp3) is 0.731. The van der Waals surface area contributed by atoms with E-state index >= 15 is 0 Å². The van der Waals surface area contributed by atoms with E-state index in [0.29, 0.717) is 18.4 Å². The summed E-state index contributed by atoms with van der Waals surface area (Å²) < 4.78 is 60.0. The number of hydrogen-bond donors (Lipinski definition) is 0. The second kappa shape index (κ2) is 11.0. The van der Waals surface area contributed by atoms with Crippen molar-refractivity contribution in [1.29, 1.82) is 0 Å². The standard InChI is InChI=1S/C26H42O9SSi/c1-17(35-37(8,9)25(2,3)4)19(34-36(7,28)29)15-16-20-21-22(33-26(5,6)32-21)24(30-20)31-23(27)18-13-11-10-12-14-18/h10-14,17,19-22,24H,15-16H2,1-9H3/t17-,19+,20+,21-,22-,24+/m0/s1. The average molecular weight is 559 g/mol. The van der Waals surface area contributed by atoms with Crippen LogP contribution in [0, 0.1) is 0 Å². The Kier molecular flexibility index (Phi) is 9.00. The van der Waals surface area contributed by atoms with Crippen molar-refractivity contribution in [2.45, 2.75) is 115 Å². The summed E-state index contributed by atoms with van der Waals surface area (Å²) in [6.07, 6.45) is -1.96. The Hall–Kier alpha value is -1.34. The van der Waals surface area contributed by atoms with Gasteiger partial charge in [-0.3, -0.25) is 4.18 Å². The molecule has 9 nitrogen and oxygen atoms in total. The maximum absolute atomic E-state index is 12.7. The van der Waals surface area contributed by atoms with Gasteiger partial charge in [0, 0.05) is 0 Å². The summed E-state index contributed by atoms with van der Waals surface area (Å²) in [5.41, 5.74) is 0.405.